The third-order valence-electron chi connectivity index (χ3n) is 4.52. The molecule has 0 saturated carbocycles. The molecule has 10 heteroatoms. The number of likely N-dealkylation sites (N-methyl/N-ethyl adjacent to an activating group) is 1. The van der Waals surface area contributed by atoms with Crippen LogP contribution in [0.15, 0.2) is 64.0 Å². The molecule has 1 heterocycles. The molecule has 0 aliphatic rings. The Balaban J connectivity index is 1.40. The summed E-state index contributed by atoms with van der Waals surface area (Å²) in [5.74, 6) is 0.507. The fraction of sp³-hybridized carbons (Fsp3) is 0.261. The van der Waals surface area contributed by atoms with E-state index in [1.165, 1.54) is 23.1 Å². The zero-order valence-corrected chi connectivity index (χ0v) is 20.1. The molecule has 0 saturated heterocycles. The van der Waals surface area contributed by atoms with Crippen LogP contribution in [0.4, 0.5) is 0 Å². The van der Waals surface area contributed by atoms with Gasteiger partial charge in [-0.05, 0) is 43.7 Å². The van der Waals surface area contributed by atoms with Crippen molar-refractivity contribution in [2.45, 2.75) is 18.2 Å². The van der Waals surface area contributed by atoms with Crippen molar-refractivity contribution in [3.63, 3.8) is 0 Å². The van der Waals surface area contributed by atoms with E-state index in [0.29, 0.717) is 18.8 Å². The van der Waals surface area contributed by atoms with Crippen molar-refractivity contribution in [2.75, 3.05) is 25.4 Å². The second-order valence-corrected chi connectivity index (χ2v) is 8.94. The Hall–Kier alpha value is -3.24. The second kappa shape index (κ2) is 12.7. The van der Waals surface area contributed by atoms with E-state index in [0.717, 1.165) is 20.5 Å². The maximum absolute atomic E-state index is 12.0. The van der Waals surface area contributed by atoms with E-state index in [1.54, 1.807) is 35.4 Å². The summed E-state index contributed by atoms with van der Waals surface area (Å²) in [4.78, 5) is 25.8. The van der Waals surface area contributed by atoms with Gasteiger partial charge in [0.2, 0.25) is 0 Å². The lowest BCUT2D eigenvalue weighted by Gasteiger charge is -2.18. The molecule has 0 aliphatic carbocycles. The van der Waals surface area contributed by atoms with Crippen LogP contribution in [0.5, 0.6) is 5.75 Å². The van der Waals surface area contributed by atoms with E-state index < -0.39 is 0 Å². The predicted octanol–water partition coefficient (Wildman–Crippen LogP) is 3.69. The lowest BCUT2D eigenvalue weighted by molar-refractivity contribution is -0.133. The third-order valence-corrected chi connectivity index (χ3v) is 6.62. The number of hydrogen-bond acceptors (Lipinski definition) is 8. The first-order chi connectivity index (χ1) is 16.1. The topological polar surface area (TPSA) is 96.8 Å². The number of hydrogen-bond donors (Lipinski definition) is 1. The van der Waals surface area contributed by atoms with Crippen molar-refractivity contribution in [1.29, 1.82) is 0 Å². The molecule has 3 aromatic rings. The van der Waals surface area contributed by atoms with Crippen molar-refractivity contribution in [2.24, 2.45) is 5.10 Å². The summed E-state index contributed by atoms with van der Waals surface area (Å²) < 4.78 is 6.26. The summed E-state index contributed by atoms with van der Waals surface area (Å²) in [7, 11) is 0. The van der Waals surface area contributed by atoms with Gasteiger partial charge in [0.15, 0.2) is 10.9 Å². The minimum Gasteiger partial charge on any atom is -0.484 e. The van der Waals surface area contributed by atoms with E-state index in [4.69, 9.17) is 4.74 Å². The number of ether oxygens (including phenoxy) is 1. The summed E-state index contributed by atoms with van der Waals surface area (Å²) in [6, 6.07) is 16.9. The highest BCUT2D eigenvalue weighted by molar-refractivity contribution is 8.01. The van der Waals surface area contributed by atoms with Crippen LogP contribution in [-0.4, -0.2) is 58.6 Å². The molecule has 2 amide bonds. The van der Waals surface area contributed by atoms with Crippen LogP contribution in [-0.2, 0) is 9.59 Å². The van der Waals surface area contributed by atoms with E-state index in [-0.39, 0.29) is 24.2 Å². The highest BCUT2D eigenvalue weighted by Crippen LogP contribution is 2.28. The first-order valence-corrected chi connectivity index (χ1v) is 12.2. The molecule has 0 atom stereocenters. The van der Waals surface area contributed by atoms with Crippen molar-refractivity contribution >= 4 is 41.1 Å². The SMILES string of the molecule is CCN(CC)C(=O)COc1ccc(C=NNC(=O)CSc2nnc(-c3ccccc3)s2)cc1. The smallest absolute Gasteiger partial charge is 0.260 e. The maximum atomic E-state index is 12.0. The zero-order chi connectivity index (χ0) is 23.5. The van der Waals surface area contributed by atoms with E-state index in [2.05, 4.69) is 20.7 Å². The van der Waals surface area contributed by atoms with E-state index in [9.17, 15) is 9.59 Å². The molecule has 0 fully saturated rings. The minimum atomic E-state index is -0.234. The molecule has 172 valence electrons. The lowest BCUT2D eigenvalue weighted by atomic mass is 10.2. The van der Waals surface area contributed by atoms with Gasteiger partial charge in [0.05, 0.1) is 12.0 Å². The van der Waals surface area contributed by atoms with Gasteiger partial charge in [-0.2, -0.15) is 5.10 Å². The van der Waals surface area contributed by atoms with Crippen LogP contribution in [0.2, 0.25) is 0 Å². The second-order valence-electron chi connectivity index (χ2n) is 6.74. The van der Waals surface area contributed by atoms with Gasteiger partial charge in [-0.3, -0.25) is 9.59 Å². The van der Waals surface area contributed by atoms with Crippen LogP contribution in [0.1, 0.15) is 19.4 Å². The van der Waals surface area contributed by atoms with Gasteiger partial charge < -0.3 is 9.64 Å². The molecule has 0 radical (unpaired) electrons. The van der Waals surface area contributed by atoms with Gasteiger partial charge in [-0.25, -0.2) is 5.43 Å². The number of nitrogens with one attached hydrogen (secondary N) is 1. The monoisotopic (exact) mass is 483 g/mol. The van der Waals surface area contributed by atoms with Crippen LogP contribution in [0, 0.1) is 0 Å². The fourth-order valence-corrected chi connectivity index (χ4v) is 4.42. The number of aromatic nitrogens is 2. The van der Waals surface area contributed by atoms with Crippen LogP contribution in [0.3, 0.4) is 0 Å². The predicted molar refractivity (Wildman–Crippen MR) is 132 cm³/mol. The van der Waals surface area contributed by atoms with Crippen molar-refractivity contribution in [3.8, 4) is 16.3 Å². The third kappa shape index (κ3) is 7.69. The molecule has 1 aromatic heterocycles. The Kier molecular flexibility index (Phi) is 9.40. The number of amides is 2. The highest BCUT2D eigenvalue weighted by Gasteiger charge is 2.10. The molecular weight excluding hydrogens is 458 g/mol. The summed E-state index contributed by atoms with van der Waals surface area (Å²) in [5, 5.41) is 13.1. The molecule has 0 bridgehead atoms. The summed E-state index contributed by atoms with van der Waals surface area (Å²) in [6.45, 7) is 5.20. The maximum Gasteiger partial charge on any atom is 0.260 e. The average Bonchev–Trinajstić information content (AvgIpc) is 3.33. The molecule has 0 aliphatic heterocycles. The first-order valence-electron chi connectivity index (χ1n) is 10.4. The summed E-state index contributed by atoms with van der Waals surface area (Å²) >= 11 is 2.76. The Bertz CT molecular complexity index is 1070. The molecule has 0 unspecified atom stereocenters. The Morgan fingerprint density at radius 3 is 2.52 bits per heavy atom. The molecule has 0 spiro atoms. The molecular formula is C23H25N5O3S2. The summed E-state index contributed by atoms with van der Waals surface area (Å²) in [6.07, 6.45) is 1.55. The normalized spacial score (nSPS) is 10.8. The number of nitrogens with zero attached hydrogens (tertiary/aromatic N) is 4. The molecule has 8 nitrogen and oxygen atoms in total. The standard InChI is InChI=1S/C23H25N5O3S2/c1-3-28(4-2)21(30)15-31-19-12-10-17(11-13-19)14-24-25-20(29)16-32-23-27-26-22(33-23)18-8-6-5-7-9-18/h5-14H,3-4,15-16H2,1-2H3,(H,25,29). The van der Waals surface area contributed by atoms with Gasteiger partial charge in [0.25, 0.3) is 11.8 Å². The van der Waals surface area contributed by atoms with Gasteiger partial charge in [-0.15, -0.1) is 10.2 Å². The molecule has 2 aromatic carbocycles. The molecule has 3 rings (SSSR count). The van der Waals surface area contributed by atoms with E-state index >= 15 is 0 Å². The van der Waals surface area contributed by atoms with Crippen molar-refractivity contribution in [3.05, 3.63) is 60.2 Å². The first kappa shape index (κ1) is 24.4. The quantitative estimate of drug-likeness (QED) is 0.254. The fourth-order valence-electron chi connectivity index (χ4n) is 2.77. The largest absolute Gasteiger partial charge is 0.484 e. The lowest BCUT2D eigenvalue weighted by Crippen LogP contribution is -2.34. The van der Waals surface area contributed by atoms with Crippen molar-refractivity contribution in [1.82, 2.24) is 20.5 Å². The van der Waals surface area contributed by atoms with Gasteiger partial charge >= 0.3 is 0 Å². The number of hydrazone groups is 1. The van der Waals surface area contributed by atoms with Gasteiger partial charge in [0.1, 0.15) is 10.8 Å². The zero-order valence-electron chi connectivity index (χ0n) is 18.4. The highest BCUT2D eigenvalue weighted by atomic mass is 32.2. The Labute approximate surface area is 201 Å². The van der Waals surface area contributed by atoms with Crippen LogP contribution >= 0.6 is 23.1 Å². The van der Waals surface area contributed by atoms with Gasteiger partial charge in [-0.1, -0.05) is 53.4 Å². The number of rotatable bonds is 11. The number of benzene rings is 2. The van der Waals surface area contributed by atoms with Crippen molar-refractivity contribution < 1.29 is 14.3 Å². The summed E-state index contributed by atoms with van der Waals surface area (Å²) in [5.41, 5.74) is 4.30. The Morgan fingerprint density at radius 1 is 1.09 bits per heavy atom. The molecule has 1 N–H and O–H groups in total. The van der Waals surface area contributed by atoms with Gasteiger partial charge in [0, 0.05) is 18.7 Å². The minimum absolute atomic E-state index is 0.00427. The molecule has 33 heavy (non-hydrogen) atoms. The number of thioether (sulfide) groups is 1. The average molecular weight is 484 g/mol. The van der Waals surface area contributed by atoms with E-state index in [1.807, 2.05) is 44.2 Å². The number of carbonyl (C=O) groups is 2. The van der Waals surface area contributed by atoms with Crippen LogP contribution < -0.4 is 10.2 Å². The van der Waals surface area contributed by atoms with Crippen LogP contribution in [0.25, 0.3) is 10.6 Å². The number of carbonyl (C=O) groups excluding carboxylic acids is 2. The Morgan fingerprint density at radius 2 is 1.82 bits per heavy atom.